The first-order valence-corrected chi connectivity index (χ1v) is 9.10. The van der Waals surface area contributed by atoms with Gasteiger partial charge in [0.15, 0.2) is 0 Å². The van der Waals surface area contributed by atoms with Gasteiger partial charge in [-0.1, -0.05) is 36.4 Å². The second-order valence-electron chi connectivity index (χ2n) is 5.55. The summed E-state index contributed by atoms with van der Waals surface area (Å²) in [6, 6.07) is 15.4. The molecule has 1 heterocycles. The van der Waals surface area contributed by atoms with Gasteiger partial charge in [-0.2, -0.15) is 0 Å². The van der Waals surface area contributed by atoms with Gasteiger partial charge in [0.1, 0.15) is 0 Å². The lowest BCUT2D eigenvalue weighted by molar-refractivity contribution is 0.580. The minimum atomic E-state index is -3.30. The molecule has 23 heavy (non-hydrogen) atoms. The lowest BCUT2D eigenvalue weighted by atomic mass is 10.2. The van der Waals surface area contributed by atoms with Crippen LogP contribution >= 0.6 is 0 Å². The highest BCUT2D eigenvalue weighted by Gasteiger charge is 2.11. The maximum Gasteiger partial charge on any atom is 0.212 e. The van der Waals surface area contributed by atoms with Gasteiger partial charge in [0.2, 0.25) is 10.0 Å². The van der Waals surface area contributed by atoms with E-state index in [1.165, 1.54) is 0 Å². The van der Waals surface area contributed by atoms with Gasteiger partial charge in [0, 0.05) is 13.6 Å². The molecule has 0 unspecified atom stereocenters. The van der Waals surface area contributed by atoms with Gasteiger partial charge < -0.3 is 4.57 Å². The fourth-order valence-electron chi connectivity index (χ4n) is 2.45. The molecule has 5 nitrogen and oxygen atoms in total. The summed E-state index contributed by atoms with van der Waals surface area (Å²) in [6.07, 6.45) is 2.26. The third-order valence-electron chi connectivity index (χ3n) is 3.79. The molecule has 3 aromatic rings. The van der Waals surface area contributed by atoms with Crippen LogP contribution < -0.4 is 4.72 Å². The second-order valence-corrected chi connectivity index (χ2v) is 7.48. The van der Waals surface area contributed by atoms with Gasteiger partial charge in [0.25, 0.3) is 0 Å². The monoisotopic (exact) mass is 329 g/mol. The molecule has 1 aromatic heterocycles. The summed E-state index contributed by atoms with van der Waals surface area (Å²) >= 11 is 0. The van der Waals surface area contributed by atoms with Crippen molar-refractivity contribution in [2.24, 2.45) is 7.05 Å². The van der Waals surface area contributed by atoms with Crippen molar-refractivity contribution in [1.82, 2.24) is 14.3 Å². The van der Waals surface area contributed by atoms with Crippen LogP contribution in [0.2, 0.25) is 0 Å². The van der Waals surface area contributed by atoms with Crippen LogP contribution in [0.5, 0.6) is 0 Å². The zero-order chi connectivity index (χ0) is 16.3. The van der Waals surface area contributed by atoms with E-state index in [1.807, 2.05) is 60.1 Å². The zero-order valence-corrected chi connectivity index (χ0v) is 13.8. The number of hydrogen-bond acceptors (Lipinski definition) is 3. The Labute approximate surface area is 136 Å². The molecule has 0 aliphatic heterocycles. The molecule has 6 heteroatoms. The van der Waals surface area contributed by atoms with Crippen molar-refractivity contribution in [2.45, 2.75) is 13.0 Å². The number of fused-ring (bicyclic) bond motifs is 1. The molecule has 2 aromatic carbocycles. The number of nitrogens with one attached hydrogen (secondary N) is 1. The Balaban J connectivity index is 1.61. The average molecular weight is 329 g/mol. The number of benzene rings is 2. The Bertz CT molecular complexity index is 902. The summed E-state index contributed by atoms with van der Waals surface area (Å²) in [7, 11) is -1.37. The number of aryl methyl sites for hydroxylation is 2. The van der Waals surface area contributed by atoms with Gasteiger partial charge in [-0.05, 0) is 29.7 Å². The zero-order valence-electron chi connectivity index (χ0n) is 12.9. The summed E-state index contributed by atoms with van der Waals surface area (Å²) < 4.78 is 28.8. The van der Waals surface area contributed by atoms with Crippen molar-refractivity contribution in [3.05, 3.63) is 66.0 Å². The van der Waals surface area contributed by atoms with E-state index in [-0.39, 0.29) is 12.3 Å². The minimum absolute atomic E-state index is 0.0862. The van der Waals surface area contributed by atoms with E-state index >= 15 is 0 Å². The van der Waals surface area contributed by atoms with Crippen molar-refractivity contribution >= 4 is 21.1 Å². The predicted octanol–water partition coefficient (Wildman–Crippen LogP) is 2.24. The standard InChI is InChI=1S/C17H19N3O2S/c1-20-13-18-16-11-15(7-8-17(16)20)12-19-23(21,22)10-9-14-5-3-2-4-6-14/h2-8,11,13,19H,9-10,12H2,1H3. The van der Waals surface area contributed by atoms with E-state index in [0.29, 0.717) is 6.42 Å². The molecule has 0 atom stereocenters. The molecule has 0 fully saturated rings. The van der Waals surface area contributed by atoms with Crippen molar-refractivity contribution in [2.75, 3.05) is 5.75 Å². The summed E-state index contributed by atoms with van der Waals surface area (Å²) in [5, 5.41) is 0. The highest BCUT2D eigenvalue weighted by atomic mass is 32.2. The lowest BCUT2D eigenvalue weighted by Crippen LogP contribution is -2.26. The van der Waals surface area contributed by atoms with Gasteiger partial charge in [-0.15, -0.1) is 0 Å². The highest BCUT2D eigenvalue weighted by molar-refractivity contribution is 7.89. The first-order chi connectivity index (χ1) is 11.0. The van der Waals surface area contributed by atoms with Crippen molar-refractivity contribution in [1.29, 1.82) is 0 Å². The fraction of sp³-hybridized carbons (Fsp3) is 0.235. The molecule has 0 amide bonds. The van der Waals surface area contributed by atoms with E-state index in [0.717, 1.165) is 22.2 Å². The van der Waals surface area contributed by atoms with Gasteiger partial charge in [0.05, 0.1) is 23.1 Å². The molecule has 0 bridgehead atoms. The Morgan fingerprint density at radius 3 is 2.65 bits per heavy atom. The largest absolute Gasteiger partial charge is 0.334 e. The van der Waals surface area contributed by atoms with E-state index in [2.05, 4.69) is 9.71 Å². The summed E-state index contributed by atoms with van der Waals surface area (Å²) in [4.78, 5) is 4.29. The predicted molar refractivity (Wildman–Crippen MR) is 91.5 cm³/mol. The van der Waals surface area contributed by atoms with Crippen LogP contribution in [-0.4, -0.2) is 23.7 Å². The number of imidazole rings is 1. The molecule has 1 N–H and O–H groups in total. The first-order valence-electron chi connectivity index (χ1n) is 7.45. The smallest absolute Gasteiger partial charge is 0.212 e. The van der Waals surface area contributed by atoms with E-state index in [4.69, 9.17) is 0 Å². The van der Waals surface area contributed by atoms with Gasteiger partial charge >= 0.3 is 0 Å². The molecule has 0 aliphatic rings. The number of rotatable bonds is 6. The summed E-state index contributed by atoms with van der Waals surface area (Å²) in [6.45, 7) is 0.281. The average Bonchev–Trinajstić information content (AvgIpc) is 2.93. The summed E-state index contributed by atoms with van der Waals surface area (Å²) in [5.74, 6) is 0.0862. The number of nitrogens with zero attached hydrogens (tertiary/aromatic N) is 2. The number of sulfonamides is 1. The van der Waals surface area contributed by atoms with E-state index < -0.39 is 10.0 Å². The van der Waals surface area contributed by atoms with Crippen LogP contribution in [0.3, 0.4) is 0 Å². The maximum absolute atomic E-state index is 12.1. The number of hydrogen-bond donors (Lipinski definition) is 1. The van der Waals surface area contributed by atoms with Crippen LogP contribution in [0, 0.1) is 0 Å². The SMILES string of the molecule is Cn1cnc2cc(CNS(=O)(=O)CCc3ccccc3)ccc21. The third-order valence-corrected chi connectivity index (χ3v) is 5.11. The van der Waals surface area contributed by atoms with Crippen molar-refractivity contribution in [3.63, 3.8) is 0 Å². The van der Waals surface area contributed by atoms with Crippen molar-refractivity contribution in [3.8, 4) is 0 Å². The Hall–Kier alpha value is -2.18. The van der Waals surface area contributed by atoms with E-state index in [1.54, 1.807) is 6.33 Å². The van der Waals surface area contributed by atoms with Gasteiger partial charge in [-0.25, -0.2) is 18.1 Å². The topological polar surface area (TPSA) is 64.0 Å². The molecular weight excluding hydrogens is 310 g/mol. The Kier molecular flexibility index (Phi) is 4.45. The molecule has 120 valence electrons. The molecule has 0 aliphatic carbocycles. The van der Waals surface area contributed by atoms with Crippen LogP contribution in [0.15, 0.2) is 54.9 Å². The normalized spacial score (nSPS) is 11.9. The molecule has 0 saturated carbocycles. The molecule has 0 saturated heterocycles. The third kappa shape index (κ3) is 3.97. The highest BCUT2D eigenvalue weighted by Crippen LogP contribution is 2.14. The Morgan fingerprint density at radius 1 is 1.09 bits per heavy atom. The molecule has 0 radical (unpaired) electrons. The van der Waals surface area contributed by atoms with Crippen LogP contribution in [0.1, 0.15) is 11.1 Å². The minimum Gasteiger partial charge on any atom is -0.334 e. The molecule has 0 spiro atoms. The van der Waals surface area contributed by atoms with Gasteiger partial charge in [-0.3, -0.25) is 0 Å². The molecular formula is C17H19N3O2S. The quantitative estimate of drug-likeness (QED) is 0.754. The Morgan fingerprint density at radius 2 is 1.87 bits per heavy atom. The van der Waals surface area contributed by atoms with E-state index in [9.17, 15) is 8.42 Å². The summed E-state index contributed by atoms with van der Waals surface area (Å²) in [5.41, 5.74) is 3.82. The van der Waals surface area contributed by atoms with Crippen LogP contribution in [0.25, 0.3) is 11.0 Å². The van der Waals surface area contributed by atoms with Crippen LogP contribution in [0.4, 0.5) is 0 Å². The van der Waals surface area contributed by atoms with Crippen molar-refractivity contribution < 1.29 is 8.42 Å². The van der Waals surface area contributed by atoms with Crippen LogP contribution in [-0.2, 0) is 30.0 Å². The lowest BCUT2D eigenvalue weighted by Gasteiger charge is -2.07. The maximum atomic E-state index is 12.1. The fourth-order valence-corrected chi connectivity index (χ4v) is 3.49. The number of aromatic nitrogens is 2. The second kappa shape index (κ2) is 6.52. The molecule has 3 rings (SSSR count). The first kappa shape index (κ1) is 15.7.